The van der Waals surface area contributed by atoms with Crippen molar-refractivity contribution in [3.05, 3.63) is 23.5 Å². The Morgan fingerprint density at radius 1 is 1.40 bits per heavy atom. The van der Waals surface area contributed by atoms with Crippen molar-refractivity contribution in [3.8, 4) is 5.75 Å². The maximum absolute atomic E-state index is 13.0. The molecule has 1 amide bonds. The molecule has 0 aliphatic carbocycles. The van der Waals surface area contributed by atoms with Gasteiger partial charge in [0.15, 0.2) is 11.6 Å². The number of hydrogen-bond acceptors (Lipinski definition) is 3. The van der Waals surface area contributed by atoms with Crippen molar-refractivity contribution in [3.63, 3.8) is 0 Å². The Morgan fingerprint density at radius 3 is 2.47 bits per heavy atom. The molecule has 1 aromatic rings. The van der Waals surface area contributed by atoms with Crippen LogP contribution in [0.5, 0.6) is 5.75 Å². The topological polar surface area (TPSA) is 86.6 Å². The van der Waals surface area contributed by atoms with Crippen LogP contribution in [-0.4, -0.2) is 22.1 Å². The minimum absolute atomic E-state index is 0.0267. The first-order valence-corrected chi connectivity index (χ1v) is 3.95. The number of anilines is 1. The second kappa shape index (κ2) is 3.95. The molecule has 0 aliphatic rings. The molecule has 5 nitrogen and oxygen atoms in total. The molecule has 0 spiro atoms. The first-order valence-electron chi connectivity index (χ1n) is 3.95. The average molecular weight is 213 g/mol. The Balaban J connectivity index is 3.23. The van der Waals surface area contributed by atoms with Gasteiger partial charge < -0.3 is 15.5 Å². The van der Waals surface area contributed by atoms with E-state index >= 15 is 0 Å². The SMILES string of the molecule is CC(=O)Nc1cc(O)c(F)c(C(=O)O)c1. The van der Waals surface area contributed by atoms with Crippen molar-refractivity contribution >= 4 is 17.6 Å². The van der Waals surface area contributed by atoms with Crippen LogP contribution in [0, 0.1) is 5.82 Å². The standard InChI is InChI=1S/C9H8FNO4/c1-4(12)11-5-2-6(9(14)15)8(10)7(13)3-5/h2-3,13H,1H3,(H,11,12)(H,14,15). The number of carbonyl (C=O) groups excluding carboxylic acids is 1. The highest BCUT2D eigenvalue weighted by Crippen LogP contribution is 2.24. The van der Waals surface area contributed by atoms with Gasteiger partial charge in [-0.2, -0.15) is 0 Å². The average Bonchev–Trinajstić information content (AvgIpc) is 2.09. The highest BCUT2D eigenvalue weighted by Gasteiger charge is 2.16. The number of carboxylic acids is 1. The van der Waals surface area contributed by atoms with E-state index < -0.39 is 29.0 Å². The summed E-state index contributed by atoms with van der Waals surface area (Å²) >= 11 is 0. The van der Waals surface area contributed by atoms with Crippen molar-refractivity contribution < 1.29 is 24.2 Å². The summed E-state index contributed by atoms with van der Waals surface area (Å²) < 4.78 is 13.0. The molecule has 0 aromatic heterocycles. The molecule has 0 fully saturated rings. The van der Waals surface area contributed by atoms with Crippen LogP contribution in [0.4, 0.5) is 10.1 Å². The van der Waals surface area contributed by atoms with Gasteiger partial charge in [0, 0.05) is 18.7 Å². The van der Waals surface area contributed by atoms with E-state index in [-0.39, 0.29) is 5.69 Å². The lowest BCUT2D eigenvalue weighted by molar-refractivity contribution is -0.114. The van der Waals surface area contributed by atoms with E-state index in [1.54, 1.807) is 0 Å². The lowest BCUT2D eigenvalue weighted by Gasteiger charge is -2.05. The molecule has 15 heavy (non-hydrogen) atoms. The number of aromatic carboxylic acids is 1. The quantitative estimate of drug-likeness (QED) is 0.688. The first kappa shape index (κ1) is 11.0. The zero-order valence-corrected chi connectivity index (χ0v) is 7.74. The van der Waals surface area contributed by atoms with Crippen LogP contribution in [0.3, 0.4) is 0 Å². The second-order valence-electron chi connectivity index (χ2n) is 2.84. The maximum atomic E-state index is 13.0. The zero-order valence-electron chi connectivity index (χ0n) is 7.74. The number of rotatable bonds is 2. The van der Waals surface area contributed by atoms with E-state index in [1.807, 2.05) is 0 Å². The molecular formula is C9H8FNO4. The molecule has 80 valence electrons. The number of phenols is 1. The molecule has 0 unspecified atom stereocenters. The summed E-state index contributed by atoms with van der Waals surface area (Å²) in [5, 5.41) is 19.9. The maximum Gasteiger partial charge on any atom is 0.338 e. The third-order valence-corrected chi connectivity index (χ3v) is 1.60. The predicted molar refractivity (Wildman–Crippen MR) is 49.3 cm³/mol. The Hall–Kier alpha value is -2.11. The third-order valence-electron chi connectivity index (χ3n) is 1.60. The summed E-state index contributed by atoms with van der Waals surface area (Å²) in [6.07, 6.45) is 0. The van der Waals surface area contributed by atoms with Gasteiger partial charge in [0.1, 0.15) is 5.56 Å². The Kier molecular flexibility index (Phi) is 2.89. The summed E-state index contributed by atoms with van der Waals surface area (Å²) in [7, 11) is 0. The molecule has 0 saturated carbocycles. The predicted octanol–water partition coefficient (Wildman–Crippen LogP) is 1.19. The molecule has 0 saturated heterocycles. The van der Waals surface area contributed by atoms with Crippen LogP contribution >= 0.6 is 0 Å². The number of amides is 1. The van der Waals surface area contributed by atoms with Crippen LogP contribution in [0.2, 0.25) is 0 Å². The fraction of sp³-hybridized carbons (Fsp3) is 0.111. The summed E-state index contributed by atoms with van der Waals surface area (Å²) in [5.74, 6) is -4.01. The normalized spacial score (nSPS) is 9.73. The molecule has 0 bridgehead atoms. The lowest BCUT2D eigenvalue weighted by Crippen LogP contribution is -2.08. The third kappa shape index (κ3) is 2.43. The van der Waals surface area contributed by atoms with Gasteiger partial charge in [0.05, 0.1) is 0 Å². The minimum Gasteiger partial charge on any atom is -0.505 e. The van der Waals surface area contributed by atoms with E-state index in [4.69, 9.17) is 10.2 Å². The molecule has 1 rings (SSSR count). The van der Waals surface area contributed by atoms with Crippen LogP contribution in [0.15, 0.2) is 12.1 Å². The first-order chi connectivity index (χ1) is 6.91. The number of phenolic OH excluding ortho intramolecular Hbond substituents is 1. The largest absolute Gasteiger partial charge is 0.505 e. The number of halogens is 1. The van der Waals surface area contributed by atoms with Gasteiger partial charge in [-0.15, -0.1) is 0 Å². The van der Waals surface area contributed by atoms with Crippen molar-refractivity contribution in [2.24, 2.45) is 0 Å². The van der Waals surface area contributed by atoms with Crippen LogP contribution in [0.25, 0.3) is 0 Å². The van der Waals surface area contributed by atoms with E-state index in [0.29, 0.717) is 0 Å². The Labute approximate surface area is 84.2 Å². The Morgan fingerprint density at radius 2 is 2.00 bits per heavy atom. The van der Waals surface area contributed by atoms with Gasteiger partial charge in [-0.25, -0.2) is 9.18 Å². The van der Waals surface area contributed by atoms with Gasteiger partial charge in [0.2, 0.25) is 5.91 Å². The van der Waals surface area contributed by atoms with Crippen LogP contribution in [-0.2, 0) is 4.79 Å². The summed E-state index contributed by atoms with van der Waals surface area (Å²) in [4.78, 5) is 21.2. The number of carboxylic acid groups (broad SMARTS) is 1. The molecule has 6 heteroatoms. The van der Waals surface area contributed by atoms with Gasteiger partial charge >= 0.3 is 5.97 Å². The molecule has 0 atom stereocenters. The molecule has 1 aromatic carbocycles. The fourth-order valence-electron chi connectivity index (χ4n) is 1.04. The Bertz CT molecular complexity index is 430. The minimum atomic E-state index is -1.52. The number of hydrogen-bond donors (Lipinski definition) is 3. The number of carbonyl (C=O) groups is 2. The van der Waals surface area contributed by atoms with Crippen molar-refractivity contribution in [2.45, 2.75) is 6.92 Å². The fourth-order valence-corrected chi connectivity index (χ4v) is 1.04. The molecule has 0 radical (unpaired) electrons. The number of aromatic hydroxyl groups is 1. The van der Waals surface area contributed by atoms with E-state index in [0.717, 1.165) is 12.1 Å². The second-order valence-corrected chi connectivity index (χ2v) is 2.84. The summed E-state index contributed by atoms with van der Waals surface area (Å²) in [6, 6.07) is 1.86. The highest BCUT2D eigenvalue weighted by atomic mass is 19.1. The molecular weight excluding hydrogens is 205 g/mol. The molecule has 0 aliphatic heterocycles. The van der Waals surface area contributed by atoms with Gasteiger partial charge in [-0.3, -0.25) is 4.79 Å². The lowest BCUT2D eigenvalue weighted by atomic mass is 10.1. The van der Waals surface area contributed by atoms with Crippen molar-refractivity contribution in [1.29, 1.82) is 0 Å². The van der Waals surface area contributed by atoms with Crippen molar-refractivity contribution in [1.82, 2.24) is 0 Å². The van der Waals surface area contributed by atoms with E-state index in [9.17, 15) is 14.0 Å². The van der Waals surface area contributed by atoms with Gasteiger partial charge in [0.25, 0.3) is 0 Å². The van der Waals surface area contributed by atoms with Crippen LogP contribution in [0.1, 0.15) is 17.3 Å². The number of benzene rings is 1. The smallest absolute Gasteiger partial charge is 0.338 e. The summed E-state index contributed by atoms with van der Waals surface area (Å²) in [6.45, 7) is 1.21. The molecule has 3 N–H and O–H groups in total. The van der Waals surface area contributed by atoms with E-state index in [1.165, 1.54) is 6.92 Å². The van der Waals surface area contributed by atoms with Crippen LogP contribution < -0.4 is 5.32 Å². The van der Waals surface area contributed by atoms with Crippen molar-refractivity contribution in [2.75, 3.05) is 5.32 Å². The van der Waals surface area contributed by atoms with E-state index in [2.05, 4.69) is 5.32 Å². The molecule has 0 heterocycles. The zero-order chi connectivity index (χ0) is 11.6. The van der Waals surface area contributed by atoms with Gasteiger partial charge in [-0.05, 0) is 6.07 Å². The summed E-state index contributed by atoms with van der Waals surface area (Å²) in [5.41, 5.74) is -0.669. The van der Waals surface area contributed by atoms with Gasteiger partial charge in [-0.1, -0.05) is 0 Å². The highest BCUT2D eigenvalue weighted by molar-refractivity contribution is 5.93. The number of nitrogens with one attached hydrogen (secondary N) is 1. The monoisotopic (exact) mass is 213 g/mol.